The zero-order chi connectivity index (χ0) is 27.4. The molecule has 0 saturated heterocycles. The molecule has 7 nitrogen and oxygen atoms in total. The molecular formula is C31H24BrN3O4. The van der Waals surface area contributed by atoms with Crippen molar-refractivity contribution in [3.8, 4) is 22.6 Å². The number of carbonyl (C=O) groups excluding carboxylic acids is 2. The molecule has 0 spiro atoms. The van der Waals surface area contributed by atoms with Crippen LogP contribution in [0.1, 0.15) is 32.0 Å². The quantitative estimate of drug-likeness (QED) is 0.0946. The van der Waals surface area contributed by atoms with Gasteiger partial charge in [0.15, 0.2) is 0 Å². The molecule has 0 bridgehead atoms. The van der Waals surface area contributed by atoms with E-state index in [-0.39, 0.29) is 0 Å². The number of methoxy groups -OCH3 is 1. The van der Waals surface area contributed by atoms with Crippen molar-refractivity contribution in [3.05, 3.63) is 118 Å². The lowest BCUT2D eigenvalue weighted by Crippen LogP contribution is -2.19. The summed E-state index contributed by atoms with van der Waals surface area (Å²) in [5, 5.41) is 5.02. The average molecular weight is 582 g/mol. The maximum atomic E-state index is 13.3. The maximum Gasteiger partial charge on any atom is 0.343 e. The number of hydrogen-bond donors (Lipinski definition) is 2. The maximum absolute atomic E-state index is 13.3. The zero-order valence-corrected chi connectivity index (χ0v) is 22.8. The van der Waals surface area contributed by atoms with Crippen LogP contribution in [0.3, 0.4) is 0 Å². The second-order valence-corrected chi connectivity index (χ2v) is 9.71. The Morgan fingerprint density at radius 1 is 0.949 bits per heavy atom. The summed E-state index contributed by atoms with van der Waals surface area (Å²) >= 11 is 3.43. The Hall–Kier alpha value is -4.69. The Labute approximate surface area is 233 Å². The second kappa shape index (κ2) is 11.4. The molecule has 194 valence electrons. The number of nitrogens with zero attached hydrogens (tertiary/aromatic N) is 1. The molecule has 0 unspecified atom stereocenters. The Bertz CT molecular complexity index is 1690. The molecule has 1 heterocycles. The number of ether oxygens (including phenoxy) is 2. The minimum Gasteiger partial charge on any atom is -0.497 e. The monoisotopic (exact) mass is 581 g/mol. The SMILES string of the molecule is COc1ccc2[nH]c(C(=O)NN=Cc3cc(Br)ccc3OC(=O)c3ccc(C)cc3)c(-c3ccccc3)c2c1. The number of H-pyrrole nitrogens is 1. The van der Waals surface area contributed by atoms with Gasteiger partial charge in [0.2, 0.25) is 0 Å². The first-order chi connectivity index (χ1) is 18.9. The van der Waals surface area contributed by atoms with Gasteiger partial charge < -0.3 is 14.5 Å². The molecule has 0 fully saturated rings. The van der Waals surface area contributed by atoms with E-state index in [2.05, 4.69) is 31.4 Å². The number of hydrogen-bond acceptors (Lipinski definition) is 5. The van der Waals surface area contributed by atoms with Crippen molar-refractivity contribution < 1.29 is 19.1 Å². The van der Waals surface area contributed by atoms with Crippen LogP contribution in [0.4, 0.5) is 0 Å². The Morgan fingerprint density at radius 2 is 1.72 bits per heavy atom. The number of rotatable bonds is 7. The Kier molecular flexibility index (Phi) is 7.56. The molecule has 2 N–H and O–H groups in total. The van der Waals surface area contributed by atoms with Crippen LogP contribution in [0.25, 0.3) is 22.0 Å². The van der Waals surface area contributed by atoms with Gasteiger partial charge in [-0.05, 0) is 61.0 Å². The minimum atomic E-state index is -0.489. The van der Waals surface area contributed by atoms with E-state index in [1.54, 1.807) is 37.4 Å². The minimum absolute atomic E-state index is 0.310. The predicted octanol–water partition coefficient (Wildman–Crippen LogP) is 6.90. The van der Waals surface area contributed by atoms with Crippen LogP contribution in [0.15, 0.2) is 101 Å². The summed E-state index contributed by atoms with van der Waals surface area (Å²) in [6, 6.07) is 27.5. The van der Waals surface area contributed by atoms with Gasteiger partial charge >= 0.3 is 5.97 Å². The molecule has 1 aromatic heterocycles. The summed E-state index contributed by atoms with van der Waals surface area (Å²) in [7, 11) is 1.60. The number of amides is 1. The average Bonchev–Trinajstić information content (AvgIpc) is 3.34. The van der Waals surface area contributed by atoms with Gasteiger partial charge in [-0.1, -0.05) is 64.0 Å². The van der Waals surface area contributed by atoms with Crippen LogP contribution in [0.5, 0.6) is 11.5 Å². The number of esters is 1. The van der Waals surface area contributed by atoms with Gasteiger partial charge in [-0.2, -0.15) is 5.10 Å². The van der Waals surface area contributed by atoms with Gasteiger partial charge in [0.05, 0.1) is 18.9 Å². The van der Waals surface area contributed by atoms with Crippen LogP contribution < -0.4 is 14.9 Å². The fraction of sp³-hybridized carbons (Fsp3) is 0.0645. The molecule has 8 heteroatoms. The van der Waals surface area contributed by atoms with E-state index in [4.69, 9.17) is 9.47 Å². The molecule has 0 radical (unpaired) electrons. The summed E-state index contributed by atoms with van der Waals surface area (Å²) in [5.41, 5.74) is 7.36. The molecule has 1 amide bonds. The second-order valence-electron chi connectivity index (χ2n) is 8.79. The summed E-state index contributed by atoms with van der Waals surface area (Å²) in [4.78, 5) is 29.2. The van der Waals surface area contributed by atoms with Gasteiger partial charge in [-0.15, -0.1) is 0 Å². The van der Waals surface area contributed by atoms with Crippen LogP contribution >= 0.6 is 15.9 Å². The van der Waals surface area contributed by atoms with Crippen molar-refractivity contribution in [2.24, 2.45) is 5.10 Å². The third-order valence-electron chi connectivity index (χ3n) is 6.13. The number of benzene rings is 4. The molecule has 5 aromatic rings. The summed E-state index contributed by atoms with van der Waals surface area (Å²) < 4.78 is 11.8. The van der Waals surface area contributed by atoms with Crippen molar-refractivity contribution >= 4 is 44.9 Å². The molecule has 39 heavy (non-hydrogen) atoms. The third kappa shape index (κ3) is 5.76. The van der Waals surface area contributed by atoms with Gasteiger partial charge in [0, 0.05) is 26.5 Å². The zero-order valence-electron chi connectivity index (χ0n) is 21.2. The van der Waals surface area contributed by atoms with Gasteiger partial charge in [-0.25, -0.2) is 10.2 Å². The fourth-order valence-corrected chi connectivity index (χ4v) is 4.53. The van der Waals surface area contributed by atoms with E-state index < -0.39 is 11.9 Å². The van der Waals surface area contributed by atoms with E-state index in [0.29, 0.717) is 28.3 Å². The molecule has 0 aliphatic heterocycles. The highest BCUT2D eigenvalue weighted by Crippen LogP contribution is 2.34. The lowest BCUT2D eigenvalue weighted by Gasteiger charge is -2.08. The molecule has 5 rings (SSSR count). The van der Waals surface area contributed by atoms with Crippen LogP contribution in [-0.4, -0.2) is 30.2 Å². The van der Waals surface area contributed by atoms with Crippen molar-refractivity contribution in [3.63, 3.8) is 0 Å². The highest BCUT2D eigenvalue weighted by molar-refractivity contribution is 9.10. The number of nitrogens with one attached hydrogen (secondary N) is 2. The van der Waals surface area contributed by atoms with E-state index in [0.717, 1.165) is 32.1 Å². The number of fused-ring (bicyclic) bond motifs is 1. The molecule has 0 aliphatic rings. The van der Waals surface area contributed by atoms with Gasteiger partial charge in [0.25, 0.3) is 5.91 Å². The van der Waals surface area contributed by atoms with Crippen LogP contribution in [0.2, 0.25) is 0 Å². The highest BCUT2D eigenvalue weighted by atomic mass is 79.9. The molecule has 0 saturated carbocycles. The van der Waals surface area contributed by atoms with Crippen molar-refractivity contribution in [1.29, 1.82) is 0 Å². The lowest BCUT2D eigenvalue weighted by molar-refractivity contribution is 0.0734. The number of aromatic nitrogens is 1. The van der Waals surface area contributed by atoms with E-state index in [9.17, 15) is 9.59 Å². The standard InChI is InChI=1S/C31H24BrN3O4/c1-19-8-10-21(11-9-19)31(37)39-27-15-12-23(32)16-22(27)18-33-35-30(36)29-28(20-6-4-3-5-7-20)25-17-24(38-2)13-14-26(25)34-29/h3-18,34H,1-2H3,(H,35,36). The van der Waals surface area contributed by atoms with Crippen LogP contribution in [0, 0.1) is 6.92 Å². The normalized spacial score (nSPS) is 11.1. The van der Waals surface area contributed by atoms with Crippen molar-refractivity contribution in [1.82, 2.24) is 10.4 Å². The van der Waals surface area contributed by atoms with Gasteiger partial charge in [-0.3, -0.25) is 4.79 Å². The molecule has 0 aliphatic carbocycles. The number of aromatic amines is 1. The first-order valence-electron chi connectivity index (χ1n) is 12.1. The number of hydrazone groups is 1. The molecule has 4 aromatic carbocycles. The van der Waals surface area contributed by atoms with Crippen molar-refractivity contribution in [2.75, 3.05) is 7.11 Å². The Morgan fingerprint density at radius 3 is 2.46 bits per heavy atom. The molecular weight excluding hydrogens is 558 g/mol. The van der Waals surface area contributed by atoms with E-state index >= 15 is 0 Å². The van der Waals surface area contributed by atoms with E-state index in [1.165, 1.54) is 6.21 Å². The Balaban J connectivity index is 1.41. The topological polar surface area (TPSA) is 92.8 Å². The van der Waals surface area contributed by atoms with Crippen LogP contribution in [-0.2, 0) is 0 Å². The first kappa shape index (κ1) is 25.9. The number of aryl methyl sites for hydroxylation is 1. The third-order valence-corrected chi connectivity index (χ3v) is 6.62. The number of carbonyl (C=O) groups is 2. The largest absolute Gasteiger partial charge is 0.497 e. The first-order valence-corrected chi connectivity index (χ1v) is 12.9. The lowest BCUT2D eigenvalue weighted by atomic mass is 10.0. The highest BCUT2D eigenvalue weighted by Gasteiger charge is 2.20. The van der Waals surface area contributed by atoms with Gasteiger partial charge in [0.1, 0.15) is 17.2 Å². The smallest absolute Gasteiger partial charge is 0.343 e. The summed E-state index contributed by atoms with van der Waals surface area (Å²) in [6.45, 7) is 1.95. The predicted molar refractivity (Wildman–Crippen MR) is 156 cm³/mol. The van der Waals surface area contributed by atoms with Crippen molar-refractivity contribution in [2.45, 2.75) is 6.92 Å². The summed E-state index contributed by atoms with van der Waals surface area (Å²) in [5.74, 6) is 0.0842. The molecule has 0 atom stereocenters. The summed E-state index contributed by atoms with van der Waals surface area (Å²) in [6.07, 6.45) is 1.44. The van der Waals surface area contributed by atoms with E-state index in [1.807, 2.05) is 67.6 Å². The number of halogens is 1. The fourth-order valence-electron chi connectivity index (χ4n) is 4.15.